The van der Waals surface area contributed by atoms with Crippen LogP contribution in [0.1, 0.15) is 92.1 Å². The number of benzene rings is 1. The Hall–Kier alpha value is -2.80. The van der Waals surface area contributed by atoms with Crippen LogP contribution in [0.15, 0.2) is 65.3 Å². The Kier molecular flexibility index (Phi) is 15.6. The molecule has 2 N–H and O–H groups in total. The number of thioether (sulfide) groups is 1. The molecule has 0 fully saturated rings. The second kappa shape index (κ2) is 17.7. The van der Waals surface area contributed by atoms with E-state index in [4.69, 9.17) is 4.74 Å². The van der Waals surface area contributed by atoms with Gasteiger partial charge in [0.05, 0.1) is 12.3 Å². The van der Waals surface area contributed by atoms with Gasteiger partial charge in [-0.2, -0.15) is 11.8 Å². The topological polar surface area (TPSA) is 92.7 Å². The minimum Gasteiger partial charge on any atom is -0.480 e. The van der Waals surface area contributed by atoms with E-state index in [1.54, 1.807) is 45.0 Å². The van der Waals surface area contributed by atoms with Crippen LogP contribution >= 0.6 is 11.8 Å². The average molecular weight is 558 g/mol. The number of carbonyl (C=O) groups is 3. The lowest BCUT2D eigenvalue weighted by Gasteiger charge is -2.23. The predicted molar refractivity (Wildman–Crippen MR) is 162 cm³/mol. The van der Waals surface area contributed by atoms with E-state index < -0.39 is 35.4 Å². The molecule has 1 aromatic rings. The number of nitrogens with one attached hydrogen (secondary N) is 1. The highest BCUT2D eigenvalue weighted by Gasteiger charge is 2.30. The summed E-state index contributed by atoms with van der Waals surface area (Å²) in [5.74, 6) is -2.07. The smallest absolute Gasteiger partial charge is 0.327 e. The van der Waals surface area contributed by atoms with Gasteiger partial charge in [0, 0.05) is 11.5 Å². The van der Waals surface area contributed by atoms with Crippen molar-refractivity contribution in [2.24, 2.45) is 0 Å². The Morgan fingerprint density at radius 3 is 2.10 bits per heavy atom. The van der Waals surface area contributed by atoms with Gasteiger partial charge < -0.3 is 15.2 Å². The van der Waals surface area contributed by atoms with Gasteiger partial charge in [-0.1, -0.05) is 65.3 Å². The van der Waals surface area contributed by atoms with Gasteiger partial charge >= 0.3 is 11.9 Å². The van der Waals surface area contributed by atoms with Gasteiger partial charge in [-0.3, -0.25) is 9.59 Å². The van der Waals surface area contributed by atoms with Crippen LogP contribution in [0.5, 0.6) is 0 Å². The van der Waals surface area contributed by atoms with Gasteiger partial charge in [-0.15, -0.1) is 0 Å². The van der Waals surface area contributed by atoms with Crippen molar-refractivity contribution >= 4 is 29.6 Å². The summed E-state index contributed by atoms with van der Waals surface area (Å²) in [4.78, 5) is 37.6. The fourth-order valence-electron chi connectivity index (χ4n) is 3.77. The first-order valence-electron chi connectivity index (χ1n) is 13.6. The zero-order valence-electron chi connectivity index (χ0n) is 24.7. The number of carboxylic acids is 1. The first kappa shape index (κ1) is 34.2. The number of hydrogen-bond acceptors (Lipinski definition) is 5. The van der Waals surface area contributed by atoms with Crippen LogP contribution in [0.3, 0.4) is 0 Å². The summed E-state index contributed by atoms with van der Waals surface area (Å²) in [5, 5.41) is 12.4. The zero-order chi connectivity index (χ0) is 29.4. The van der Waals surface area contributed by atoms with Crippen LogP contribution in [0.2, 0.25) is 0 Å². The van der Waals surface area contributed by atoms with E-state index >= 15 is 0 Å². The van der Waals surface area contributed by atoms with Gasteiger partial charge in [0.15, 0.2) is 0 Å². The molecule has 1 rings (SSSR count). The summed E-state index contributed by atoms with van der Waals surface area (Å²) in [6, 6.07) is 7.84. The number of allylic oxidation sites excluding steroid dienone is 5. The van der Waals surface area contributed by atoms with Crippen molar-refractivity contribution in [1.29, 1.82) is 0 Å². The number of esters is 1. The lowest BCUT2D eigenvalue weighted by Crippen LogP contribution is -2.45. The first-order chi connectivity index (χ1) is 18.3. The molecule has 1 aromatic carbocycles. The van der Waals surface area contributed by atoms with E-state index in [2.05, 4.69) is 51.2 Å². The number of hydrogen-bond donors (Lipinski definition) is 2. The largest absolute Gasteiger partial charge is 0.480 e. The molecule has 0 aliphatic heterocycles. The maximum absolute atomic E-state index is 13.2. The molecule has 0 heterocycles. The van der Waals surface area contributed by atoms with Crippen molar-refractivity contribution in [1.82, 2.24) is 5.32 Å². The van der Waals surface area contributed by atoms with Crippen LogP contribution in [0.25, 0.3) is 0 Å². The summed E-state index contributed by atoms with van der Waals surface area (Å²) in [7, 11) is 0. The standard InChI is InChI=1S/C32H47NO5S/c1-23(2)13-11-14-24(3)15-12-16-25(4)19-20-39-22-28(31(36)37)33-30(35)27(26-17-9-8-10-18-26)21-29(34)38-32(5,6)7/h8-10,13,15,17-19,27-28H,11-12,14,16,20-22H2,1-7H3,(H,33,35)(H,36,37)/b24-15+,25-19+/t27-,28-/m0/s1. The Bertz CT molecular complexity index is 1020. The van der Waals surface area contributed by atoms with E-state index in [9.17, 15) is 19.5 Å². The van der Waals surface area contributed by atoms with Crippen molar-refractivity contribution in [2.45, 2.75) is 98.1 Å². The monoisotopic (exact) mass is 557 g/mol. The van der Waals surface area contributed by atoms with Crippen LogP contribution < -0.4 is 5.32 Å². The highest BCUT2D eigenvalue weighted by atomic mass is 32.2. The fraction of sp³-hybridized carbons (Fsp3) is 0.531. The lowest BCUT2D eigenvalue weighted by molar-refractivity contribution is -0.156. The highest BCUT2D eigenvalue weighted by molar-refractivity contribution is 7.99. The molecule has 0 bridgehead atoms. The molecule has 0 unspecified atom stereocenters. The zero-order valence-corrected chi connectivity index (χ0v) is 25.5. The molecular formula is C32H47NO5S. The fourth-order valence-corrected chi connectivity index (χ4v) is 4.77. The lowest BCUT2D eigenvalue weighted by atomic mass is 9.94. The molecule has 7 heteroatoms. The van der Waals surface area contributed by atoms with E-state index in [1.165, 1.54) is 28.5 Å². The van der Waals surface area contributed by atoms with Gasteiger partial charge in [0.1, 0.15) is 11.6 Å². The number of carbonyl (C=O) groups excluding carboxylic acids is 2. The van der Waals surface area contributed by atoms with Crippen molar-refractivity contribution in [2.75, 3.05) is 11.5 Å². The van der Waals surface area contributed by atoms with E-state index in [1.807, 2.05) is 6.07 Å². The Labute approximate surface area is 239 Å². The molecule has 39 heavy (non-hydrogen) atoms. The van der Waals surface area contributed by atoms with Gasteiger partial charge in [0.2, 0.25) is 5.91 Å². The number of aliphatic carboxylic acids is 1. The van der Waals surface area contributed by atoms with Crippen molar-refractivity contribution in [3.63, 3.8) is 0 Å². The number of amides is 1. The maximum Gasteiger partial charge on any atom is 0.327 e. The Morgan fingerprint density at radius 1 is 0.949 bits per heavy atom. The SMILES string of the molecule is CC(C)=CCC/C(C)=C/CC/C(C)=C/CSC[C@H](NC(=O)[C@@H](CC(=O)OC(C)(C)C)c1ccccc1)C(=O)O. The van der Waals surface area contributed by atoms with Crippen molar-refractivity contribution in [3.05, 3.63) is 70.8 Å². The number of ether oxygens (including phenoxy) is 1. The second-order valence-corrected chi connectivity index (χ2v) is 12.2. The molecule has 0 aliphatic carbocycles. The summed E-state index contributed by atoms with van der Waals surface area (Å²) in [6.45, 7) is 13.8. The molecule has 0 saturated carbocycles. The summed E-state index contributed by atoms with van der Waals surface area (Å²) in [5.41, 5.74) is 3.96. The molecule has 6 nitrogen and oxygen atoms in total. The quantitative estimate of drug-likeness (QED) is 0.127. The van der Waals surface area contributed by atoms with E-state index in [-0.39, 0.29) is 12.2 Å². The van der Waals surface area contributed by atoms with E-state index in [0.717, 1.165) is 25.7 Å². The third-order valence-electron chi connectivity index (χ3n) is 5.88. The van der Waals surface area contributed by atoms with Gasteiger partial charge in [-0.25, -0.2) is 4.79 Å². The molecule has 1 amide bonds. The van der Waals surface area contributed by atoms with Gasteiger partial charge in [0.25, 0.3) is 0 Å². The highest BCUT2D eigenvalue weighted by Crippen LogP contribution is 2.23. The van der Waals surface area contributed by atoms with Crippen LogP contribution in [0.4, 0.5) is 0 Å². The molecular weight excluding hydrogens is 510 g/mol. The molecule has 2 atom stereocenters. The summed E-state index contributed by atoms with van der Waals surface area (Å²) < 4.78 is 5.41. The number of rotatable bonds is 16. The third kappa shape index (κ3) is 16.0. The minimum atomic E-state index is -1.10. The minimum absolute atomic E-state index is 0.169. The molecule has 0 saturated heterocycles. The predicted octanol–water partition coefficient (Wildman–Crippen LogP) is 7.22. The van der Waals surface area contributed by atoms with Gasteiger partial charge in [-0.05, 0) is 79.7 Å². The first-order valence-corrected chi connectivity index (χ1v) is 14.8. The number of carboxylic acid groups (broad SMARTS) is 1. The summed E-state index contributed by atoms with van der Waals surface area (Å²) >= 11 is 1.46. The Balaban J connectivity index is 2.67. The molecule has 216 valence electrons. The molecule has 0 radical (unpaired) electrons. The second-order valence-electron chi connectivity index (χ2n) is 11.2. The van der Waals surface area contributed by atoms with Crippen LogP contribution in [0, 0.1) is 0 Å². The molecule has 0 aromatic heterocycles. The summed E-state index contributed by atoms with van der Waals surface area (Å²) in [6.07, 6.45) is 10.6. The Morgan fingerprint density at radius 2 is 1.54 bits per heavy atom. The van der Waals surface area contributed by atoms with Crippen molar-refractivity contribution in [3.8, 4) is 0 Å². The van der Waals surface area contributed by atoms with Crippen LogP contribution in [-0.4, -0.2) is 46.1 Å². The third-order valence-corrected chi connectivity index (χ3v) is 6.85. The molecule has 0 spiro atoms. The normalized spacial score (nSPS) is 13.8. The molecule has 0 aliphatic rings. The average Bonchev–Trinajstić information content (AvgIpc) is 2.83. The van der Waals surface area contributed by atoms with Crippen molar-refractivity contribution < 1.29 is 24.2 Å². The maximum atomic E-state index is 13.2. The van der Waals surface area contributed by atoms with Crippen LogP contribution in [-0.2, 0) is 19.1 Å². The van der Waals surface area contributed by atoms with E-state index in [0.29, 0.717) is 11.3 Å².